The fraction of sp³-hybridized carbons (Fsp3) is 0.240. The minimum absolute atomic E-state index is 0.0277. The van der Waals surface area contributed by atoms with E-state index in [2.05, 4.69) is 34.2 Å². The Labute approximate surface area is 175 Å². The molecule has 150 valence electrons. The first-order chi connectivity index (χ1) is 14.7. The van der Waals surface area contributed by atoms with Crippen molar-refractivity contribution < 1.29 is 9.84 Å². The highest BCUT2D eigenvalue weighted by Gasteiger charge is 2.40. The molecule has 4 aromatic rings. The number of aryl methyl sites for hydroxylation is 1. The van der Waals surface area contributed by atoms with Crippen molar-refractivity contribution >= 4 is 10.9 Å². The van der Waals surface area contributed by atoms with E-state index >= 15 is 0 Å². The van der Waals surface area contributed by atoms with Crippen LogP contribution in [0.1, 0.15) is 29.4 Å². The molecule has 5 nitrogen and oxygen atoms in total. The van der Waals surface area contributed by atoms with Gasteiger partial charge < -0.3 is 9.84 Å². The van der Waals surface area contributed by atoms with Gasteiger partial charge in [0.2, 0.25) is 5.88 Å². The van der Waals surface area contributed by atoms with Gasteiger partial charge in [-0.2, -0.15) is 4.98 Å². The Morgan fingerprint density at radius 2 is 1.83 bits per heavy atom. The Hall–Kier alpha value is -3.31. The van der Waals surface area contributed by atoms with Gasteiger partial charge in [-0.25, -0.2) is 4.98 Å². The highest BCUT2D eigenvalue weighted by molar-refractivity contribution is 5.78. The number of aliphatic hydroxyl groups is 1. The van der Waals surface area contributed by atoms with Crippen LogP contribution in [0, 0.1) is 12.8 Å². The maximum atomic E-state index is 9.27. The molecular formula is C25H23N3O2. The van der Waals surface area contributed by atoms with Gasteiger partial charge in [-0.05, 0) is 36.6 Å². The van der Waals surface area contributed by atoms with E-state index < -0.39 is 0 Å². The molecule has 0 aliphatic heterocycles. The number of rotatable bonds is 6. The van der Waals surface area contributed by atoms with Crippen LogP contribution in [0.15, 0.2) is 66.9 Å². The lowest BCUT2D eigenvalue weighted by Gasteiger charge is -2.11. The van der Waals surface area contributed by atoms with Crippen LogP contribution in [0.4, 0.5) is 0 Å². The summed E-state index contributed by atoms with van der Waals surface area (Å²) in [6, 6.07) is 20.2. The summed E-state index contributed by atoms with van der Waals surface area (Å²) in [6.07, 6.45) is 2.89. The van der Waals surface area contributed by atoms with Crippen LogP contribution in [0.3, 0.4) is 0 Å². The molecule has 30 heavy (non-hydrogen) atoms. The molecule has 1 aliphatic rings. The van der Waals surface area contributed by atoms with Crippen LogP contribution in [0.25, 0.3) is 22.0 Å². The monoisotopic (exact) mass is 397 g/mol. The van der Waals surface area contributed by atoms with E-state index in [4.69, 9.17) is 9.72 Å². The smallest absolute Gasteiger partial charge is 0.224 e. The van der Waals surface area contributed by atoms with Crippen molar-refractivity contribution in [1.82, 2.24) is 15.0 Å². The molecule has 2 atom stereocenters. The summed E-state index contributed by atoms with van der Waals surface area (Å²) in [6.45, 7) is 2.50. The predicted molar refractivity (Wildman–Crippen MR) is 116 cm³/mol. The van der Waals surface area contributed by atoms with E-state index in [1.165, 1.54) is 5.39 Å². The zero-order chi connectivity index (χ0) is 20.5. The van der Waals surface area contributed by atoms with Gasteiger partial charge in [0.1, 0.15) is 5.82 Å². The van der Waals surface area contributed by atoms with Gasteiger partial charge in [-0.3, -0.25) is 4.98 Å². The lowest BCUT2D eigenvalue weighted by atomic mass is 10.1. The third-order valence-corrected chi connectivity index (χ3v) is 5.68. The van der Waals surface area contributed by atoms with Crippen molar-refractivity contribution in [2.24, 2.45) is 5.92 Å². The molecule has 0 spiro atoms. The Balaban J connectivity index is 1.31. The number of benzene rings is 2. The molecular weight excluding hydrogens is 374 g/mol. The van der Waals surface area contributed by atoms with E-state index in [1.54, 1.807) is 6.20 Å². The minimum atomic E-state index is 0.0277. The van der Waals surface area contributed by atoms with Crippen LogP contribution >= 0.6 is 0 Å². The first-order valence-corrected chi connectivity index (χ1v) is 10.2. The van der Waals surface area contributed by atoms with Gasteiger partial charge in [0.15, 0.2) is 0 Å². The second-order valence-electron chi connectivity index (χ2n) is 7.83. The van der Waals surface area contributed by atoms with Crippen molar-refractivity contribution in [2.75, 3.05) is 6.61 Å². The molecule has 1 saturated carbocycles. The summed E-state index contributed by atoms with van der Waals surface area (Å²) in [7, 11) is 0. The number of ether oxygens (including phenoxy) is 1. The molecule has 0 saturated heterocycles. The van der Waals surface area contributed by atoms with E-state index in [0.29, 0.717) is 30.1 Å². The Morgan fingerprint density at radius 3 is 2.67 bits per heavy atom. The standard InChI is InChI=1S/C25H23N3O2/c1-16-26-13-22(18-8-6-17(14-29)7-9-18)25(27-16)30-15-20-12-21(20)24-11-10-19-4-2-3-5-23(19)28-24/h2-11,13,20-21,29H,12,14-15H2,1H3. The predicted octanol–water partition coefficient (Wildman–Crippen LogP) is 4.68. The van der Waals surface area contributed by atoms with Crippen molar-refractivity contribution in [3.8, 4) is 17.0 Å². The average Bonchev–Trinajstić information content (AvgIpc) is 3.57. The lowest BCUT2D eigenvalue weighted by molar-refractivity contribution is 0.282. The van der Waals surface area contributed by atoms with Crippen molar-refractivity contribution in [3.05, 3.63) is 83.9 Å². The maximum absolute atomic E-state index is 9.27. The first-order valence-electron chi connectivity index (χ1n) is 10.2. The topological polar surface area (TPSA) is 68.1 Å². The van der Waals surface area contributed by atoms with Crippen LogP contribution in [0.5, 0.6) is 5.88 Å². The fourth-order valence-corrected chi connectivity index (χ4v) is 3.82. The second kappa shape index (κ2) is 7.84. The summed E-state index contributed by atoms with van der Waals surface area (Å²) >= 11 is 0. The third kappa shape index (κ3) is 3.76. The van der Waals surface area contributed by atoms with Gasteiger partial charge in [0, 0.05) is 29.1 Å². The molecule has 1 fully saturated rings. The zero-order valence-electron chi connectivity index (χ0n) is 16.8. The quantitative estimate of drug-likeness (QED) is 0.512. The van der Waals surface area contributed by atoms with Gasteiger partial charge in [-0.1, -0.05) is 48.5 Å². The largest absolute Gasteiger partial charge is 0.477 e. The van der Waals surface area contributed by atoms with Crippen molar-refractivity contribution in [1.29, 1.82) is 0 Å². The normalized spacial score (nSPS) is 17.8. The molecule has 2 aromatic heterocycles. The highest BCUT2D eigenvalue weighted by Crippen LogP contribution is 2.47. The van der Waals surface area contributed by atoms with Crippen molar-refractivity contribution in [2.45, 2.75) is 25.9 Å². The molecule has 1 aliphatic carbocycles. The maximum Gasteiger partial charge on any atom is 0.224 e. The Morgan fingerprint density at radius 1 is 1.00 bits per heavy atom. The molecule has 1 N–H and O–H groups in total. The molecule has 2 heterocycles. The summed E-state index contributed by atoms with van der Waals surface area (Å²) in [5.74, 6) is 2.17. The Kier molecular flexibility index (Phi) is 4.89. The summed E-state index contributed by atoms with van der Waals surface area (Å²) < 4.78 is 6.16. The fourth-order valence-electron chi connectivity index (χ4n) is 3.82. The van der Waals surface area contributed by atoms with Gasteiger partial charge in [0.25, 0.3) is 0 Å². The van der Waals surface area contributed by atoms with Gasteiger partial charge in [-0.15, -0.1) is 0 Å². The minimum Gasteiger partial charge on any atom is -0.477 e. The summed E-state index contributed by atoms with van der Waals surface area (Å²) in [4.78, 5) is 13.7. The molecule has 0 bridgehead atoms. The number of aromatic nitrogens is 3. The van der Waals surface area contributed by atoms with E-state index in [-0.39, 0.29) is 6.61 Å². The average molecular weight is 397 g/mol. The third-order valence-electron chi connectivity index (χ3n) is 5.68. The van der Waals surface area contributed by atoms with Crippen LogP contribution in [-0.2, 0) is 6.61 Å². The van der Waals surface area contributed by atoms with Crippen LogP contribution in [0.2, 0.25) is 0 Å². The number of hydrogen-bond donors (Lipinski definition) is 1. The molecule has 5 rings (SSSR count). The molecule has 2 unspecified atom stereocenters. The van der Waals surface area contributed by atoms with Crippen molar-refractivity contribution in [3.63, 3.8) is 0 Å². The number of aliphatic hydroxyl groups excluding tert-OH is 1. The highest BCUT2D eigenvalue weighted by atomic mass is 16.5. The van der Waals surface area contributed by atoms with E-state index in [0.717, 1.165) is 34.3 Å². The van der Waals surface area contributed by atoms with Gasteiger partial charge in [0.05, 0.1) is 24.3 Å². The molecule has 5 heteroatoms. The molecule has 0 amide bonds. The number of hydrogen-bond acceptors (Lipinski definition) is 5. The SMILES string of the molecule is Cc1ncc(-c2ccc(CO)cc2)c(OCC2CC2c2ccc3ccccc3n2)n1. The number of para-hydroxylation sites is 1. The van der Waals surface area contributed by atoms with Crippen LogP contribution in [-0.4, -0.2) is 26.7 Å². The summed E-state index contributed by atoms with van der Waals surface area (Å²) in [5, 5.41) is 10.4. The molecule has 0 radical (unpaired) electrons. The number of fused-ring (bicyclic) bond motifs is 1. The second-order valence-corrected chi connectivity index (χ2v) is 7.83. The summed E-state index contributed by atoms with van der Waals surface area (Å²) in [5.41, 5.74) is 4.90. The molecule has 2 aromatic carbocycles. The first kappa shape index (κ1) is 18.7. The van der Waals surface area contributed by atoms with E-state index in [1.807, 2.05) is 43.3 Å². The van der Waals surface area contributed by atoms with Gasteiger partial charge >= 0.3 is 0 Å². The number of nitrogens with zero attached hydrogens (tertiary/aromatic N) is 3. The number of pyridine rings is 1. The zero-order valence-corrected chi connectivity index (χ0v) is 16.8. The van der Waals surface area contributed by atoms with E-state index in [9.17, 15) is 5.11 Å². The lowest BCUT2D eigenvalue weighted by Crippen LogP contribution is -2.05. The van der Waals surface area contributed by atoms with Crippen LogP contribution < -0.4 is 4.74 Å². The Bertz CT molecular complexity index is 1190.